The van der Waals surface area contributed by atoms with E-state index >= 15 is 0 Å². The number of Topliss-reactive ketones (excluding diaryl/α,β-unsaturated/α-hetero) is 1. The number of H-pyrrole nitrogens is 1. The lowest BCUT2D eigenvalue weighted by Gasteiger charge is -2.10. The van der Waals surface area contributed by atoms with Gasteiger partial charge in [0.2, 0.25) is 11.5 Å². The van der Waals surface area contributed by atoms with Crippen molar-refractivity contribution < 1.29 is 18.0 Å². The Morgan fingerprint density at radius 2 is 1.96 bits per heavy atom. The minimum Gasteiger partial charge on any atom is -0.360 e. The van der Waals surface area contributed by atoms with Crippen molar-refractivity contribution in [3.05, 3.63) is 64.8 Å². The normalized spacial score (nSPS) is 12.0. The van der Waals surface area contributed by atoms with Crippen molar-refractivity contribution in [1.82, 2.24) is 4.98 Å². The molecule has 1 heterocycles. The molecule has 0 saturated heterocycles. The molecule has 3 aromatic rings. The number of nitriles is 1. The molecule has 0 aliphatic carbocycles. The van der Waals surface area contributed by atoms with E-state index < -0.39 is 28.3 Å². The number of fused-ring (bicyclic) bond motifs is 1. The van der Waals surface area contributed by atoms with Gasteiger partial charge < -0.3 is 4.98 Å². The average Bonchev–Trinajstić information content (AvgIpc) is 3.06. The van der Waals surface area contributed by atoms with Gasteiger partial charge in [-0.05, 0) is 24.3 Å². The fraction of sp³-hybridized carbons (Fsp3) is 0.0556. The van der Waals surface area contributed by atoms with Crippen molar-refractivity contribution in [3.63, 3.8) is 0 Å². The monoisotopic (exact) mass is 390 g/mol. The summed E-state index contributed by atoms with van der Waals surface area (Å²) in [6.07, 6.45) is -3.19. The van der Waals surface area contributed by atoms with Gasteiger partial charge in [-0.15, -0.1) is 0 Å². The number of alkyl halides is 3. The van der Waals surface area contributed by atoms with E-state index in [0.29, 0.717) is 10.9 Å². The summed E-state index contributed by atoms with van der Waals surface area (Å²) in [4.78, 5) is 15.4. The number of hydrogen-bond donors (Lipinski definition) is 2. The number of ketones is 1. The number of aromatic amines is 1. The average molecular weight is 391 g/mol. The summed E-state index contributed by atoms with van der Waals surface area (Å²) < 4.78 is 38.7. The maximum absolute atomic E-state index is 12.9. The fourth-order valence-electron chi connectivity index (χ4n) is 2.45. The molecule has 3 rings (SSSR count). The summed E-state index contributed by atoms with van der Waals surface area (Å²) in [5.41, 5.74) is 1.63. The van der Waals surface area contributed by atoms with Crippen LogP contribution in [0.2, 0.25) is 5.02 Å². The maximum Gasteiger partial charge on any atom is 0.417 e. The number of nitrogens with one attached hydrogen (secondary N) is 2. The van der Waals surface area contributed by atoms with E-state index in [2.05, 4.69) is 15.5 Å². The number of anilines is 1. The molecule has 2 aromatic carbocycles. The van der Waals surface area contributed by atoms with Crippen LogP contribution >= 0.6 is 11.6 Å². The van der Waals surface area contributed by atoms with Crippen molar-refractivity contribution in [2.75, 3.05) is 5.43 Å². The van der Waals surface area contributed by atoms with Crippen molar-refractivity contribution >= 4 is 39.7 Å². The zero-order valence-electron chi connectivity index (χ0n) is 13.4. The van der Waals surface area contributed by atoms with Crippen LogP contribution in [0.3, 0.4) is 0 Å². The van der Waals surface area contributed by atoms with Gasteiger partial charge in [-0.1, -0.05) is 29.8 Å². The highest BCUT2D eigenvalue weighted by Gasteiger charge is 2.33. The number of nitrogens with zero attached hydrogens (tertiary/aromatic N) is 2. The predicted molar refractivity (Wildman–Crippen MR) is 95.8 cm³/mol. The Morgan fingerprint density at radius 3 is 2.67 bits per heavy atom. The molecule has 0 atom stereocenters. The Balaban J connectivity index is 1.89. The number of rotatable bonds is 4. The SMILES string of the molecule is N#C/C(=N\Nc1ccc(Cl)c(C(F)(F)F)c1)C(=O)c1c[nH]c2ccccc12. The lowest BCUT2D eigenvalue weighted by molar-refractivity contribution is -0.137. The molecule has 0 aliphatic rings. The zero-order valence-corrected chi connectivity index (χ0v) is 14.2. The molecule has 0 radical (unpaired) electrons. The molecule has 27 heavy (non-hydrogen) atoms. The van der Waals surface area contributed by atoms with E-state index in [1.807, 2.05) is 0 Å². The molecule has 0 fully saturated rings. The molecule has 0 saturated carbocycles. The summed E-state index contributed by atoms with van der Waals surface area (Å²) in [6.45, 7) is 0. The van der Waals surface area contributed by atoms with Crippen molar-refractivity contribution in [2.24, 2.45) is 5.10 Å². The van der Waals surface area contributed by atoms with Crippen LogP contribution in [-0.2, 0) is 6.18 Å². The zero-order chi connectivity index (χ0) is 19.6. The number of hydrogen-bond acceptors (Lipinski definition) is 4. The third kappa shape index (κ3) is 3.78. The van der Waals surface area contributed by atoms with E-state index in [0.717, 1.165) is 12.1 Å². The van der Waals surface area contributed by atoms with Crippen LogP contribution in [0.15, 0.2) is 53.8 Å². The first-order valence-electron chi connectivity index (χ1n) is 7.52. The first kappa shape index (κ1) is 18.5. The van der Waals surface area contributed by atoms with E-state index in [-0.39, 0.29) is 11.3 Å². The highest BCUT2D eigenvalue weighted by molar-refractivity contribution is 6.52. The number of hydrazone groups is 1. The van der Waals surface area contributed by atoms with Gasteiger partial charge in [-0.3, -0.25) is 10.2 Å². The molecule has 2 N–H and O–H groups in total. The molecule has 0 unspecified atom stereocenters. The second kappa shape index (κ2) is 7.13. The van der Waals surface area contributed by atoms with Gasteiger partial charge in [-0.2, -0.15) is 23.5 Å². The van der Waals surface area contributed by atoms with Gasteiger partial charge in [0.15, 0.2) is 0 Å². The van der Waals surface area contributed by atoms with Crippen LogP contribution in [0.4, 0.5) is 18.9 Å². The third-order valence-corrected chi connectivity index (χ3v) is 4.05. The van der Waals surface area contributed by atoms with Crippen LogP contribution in [0.1, 0.15) is 15.9 Å². The van der Waals surface area contributed by atoms with E-state index in [9.17, 15) is 23.2 Å². The first-order chi connectivity index (χ1) is 12.8. The van der Waals surface area contributed by atoms with E-state index in [1.54, 1.807) is 30.3 Å². The Hall–Kier alpha value is -3.31. The van der Waals surface area contributed by atoms with Crippen LogP contribution < -0.4 is 5.43 Å². The maximum atomic E-state index is 12.9. The highest BCUT2D eigenvalue weighted by Crippen LogP contribution is 2.36. The van der Waals surface area contributed by atoms with Crippen molar-refractivity contribution in [2.45, 2.75) is 6.18 Å². The van der Waals surface area contributed by atoms with Crippen molar-refractivity contribution in [1.29, 1.82) is 5.26 Å². The predicted octanol–water partition coefficient (Wildman–Crippen LogP) is 5.01. The van der Waals surface area contributed by atoms with E-state index in [4.69, 9.17) is 11.6 Å². The number of halogens is 4. The molecule has 9 heteroatoms. The molecule has 0 bridgehead atoms. The molecule has 0 aliphatic heterocycles. The van der Waals surface area contributed by atoms with Gasteiger partial charge >= 0.3 is 6.18 Å². The Bertz CT molecular complexity index is 1100. The lowest BCUT2D eigenvalue weighted by Crippen LogP contribution is -2.14. The molecule has 1 aromatic heterocycles. The van der Waals surface area contributed by atoms with E-state index in [1.165, 1.54) is 12.3 Å². The topological polar surface area (TPSA) is 81.0 Å². The Kier molecular flexibility index (Phi) is 4.88. The number of benzene rings is 2. The molecule has 136 valence electrons. The molecule has 0 spiro atoms. The summed E-state index contributed by atoms with van der Waals surface area (Å²) in [7, 11) is 0. The molecule has 0 amide bonds. The molecule has 5 nitrogen and oxygen atoms in total. The Labute approximate surface area is 156 Å². The van der Waals surface area contributed by atoms with Gasteiger partial charge in [0.05, 0.1) is 21.8 Å². The standard InChI is InChI=1S/C18H10ClF3N4O/c19-14-6-5-10(7-13(14)18(20,21)22)25-26-16(8-23)17(27)12-9-24-15-4-2-1-3-11(12)15/h1-7,9,24-25H/b26-16+. The highest BCUT2D eigenvalue weighted by atomic mass is 35.5. The summed E-state index contributed by atoms with van der Waals surface area (Å²) in [5.74, 6) is -0.660. The van der Waals surface area contributed by atoms with Gasteiger partial charge in [-0.25, -0.2) is 0 Å². The van der Waals surface area contributed by atoms with Crippen LogP contribution in [0.5, 0.6) is 0 Å². The minimum atomic E-state index is -4.64. The number of aromatic nitrogens is 1. The lowest BCUT2D eigenvalue weighted by atomic mass is 10.1. The van der Waals surface area contributed by atoms with Crippen LogP contribution in [0, 0.1) is 11.3 Å². The number of carbonyl (C=O) groups excluding carboxylic acids is 1. The second-order valence-electron chi connectivity index (χ2n) is 5.45. The molecular formula is C18H10ClF3N4O. The van der Waals surface area contributed by atoms with Gasteiger partial charge in [0.1, 0.15) is 6.07 Å². The van der Waals surface area contributed by atoms with Crippen LogP contribution in [0.25, 0.3) is 10.9 Å². The second-order valence-corrected chi connectivity index (χ2v) is 5.86. The minimum absolute atomic E-state index is 0.0637. The summed E-state index contributed by atoms with van der Waals surface area (Å²) in [5, 5.41) is 13.0. The number of carbonyl (C=O) groups is 1. The summed E-state index contributed by atoms with van der Waals surface area (Å²) in [6, 6.07) is 11.7. The van der Waals surface area contributed by atoms with Crippen LogP contribution in [-0.4, -0.2) is 16.5 Å². The fourth-order valence-corrected chi connectivity index (χ4v) is 2.67. The van der Waals surface area contributed by atoms with Gasteiger partial charge in [0, 0.05) is 17.1 Å². The third-order valence-electron chi connectivity index (χ3n) is 3.72. The summed E-state index contributed by atoms with van der Waals surface area (Å²) >= 11 is 5.55. The molecular weight excluding hydrogens is 381 g/mol. The van der Waals surface area contributed by atoms with Gasteiger partial charge in [0.25, 0.3) is 0 Å². The largest absolute Gasteiger partial charge is 0.417 e. The first-order valence-corrected chi connectivity index (χ1v) is 7.90. The number of para-hydroxylation sites is 1. The Morgan fingerprint density at radius 1 is 1.22 bits per heavy atom. The quantitative estimate of drug-likeness (QED) is 0.373. The van der Waals surface area contributed by atoms with Crippen molar-refractivity contribution in [3.8, 4) is 6.07 Å². The smallest absolute Gasteiger partial charge is 0.360 e.